The van der Waals surface area contributed by atoms with Gasteiger partial charge in [0, 0.05) is 0 Å². The Bertz CT molecular complexity index is 1030. The molecule has 0 radical (unpaired) electrons. The van der Waals surface area contributed by atoms with E-state index in [0.717, 1.165) is 23.0 Å². The molecule has 7 nitrogen and oxygen atoms in total. The summed E-state index contributed by atoms with van der Waals surface area (Å²) in [6, 6.07) is 10.1. The molecule has 4 rings (SSSR count). The highest BCUT2D eigenvalue weighted by Crippen LogP contribution is 2.29. The molecule has 1 N–H and O–H groups in total. The van der Waals surface area contributed by atoms with Crippen molar-refractivity contribution in [3.63, 3.8) is 0 Å². The Labute approximate surface area is 149 Å². The number of sulfonamides is 1. The maximum Gasteiger partial charge on any atom is 0.243 e. The first-order chi connectivity index (χ1) is 12.1. The fourth-order valence-corrected chi connectivity index (χ4v) is 4.84. The van der Waals surface area contributed by atoms with Crippen LogP contribution >= 0.6 is 11.7 Å². The molecule has 3 aromatic rings. The van der Waals surface area contributed by atoms with Crippen LogP contribution in [0.1, 0.15) is 5.56 Å². The molecule has 130 valence electrons. The van der Waals surface area contributed by atoms with Crippen molar-refractivity contribution < 1.29 is 17.9 Å². The Kier molecular flexibility index (Phi) is 4.06. The molecule has 1 aromatic heterocycles. The second kappa shape index (κ2) is 6.25. The van der Waals surface area contributed by atoms with Gasteiger partial charge in [0.25, 0.3) is 0 Å². The number of ether oxygens (including phenoxy) is 2. The minimum atomic E-state index is -3.73. The van der Waals surface area contributed by atoms with E-state index in [2.05, 4.69) is 13.5 Å². The summed E-state index contributed by atoms with van der Waals surface area (Å²) in [6.07, 6.45) is 0.525. The average molecular weight is 377 g/mol. The zero-order chi connectivity index (χ0) is 17.4. The van der Waals surface area contributed by atoms with E-state index < -0.39 is 10.0 Å². The highest BCUT2D eigenvalue weighted by atomic mass is 32.2. The predicted octanol–water partition coefficient (Wildman–Crippen LogP) is 1.98. The van der Waals surface area contributed by atoms with Gasteiger partial charge in [-0.1, -0.05) is 6.07 Å². The largest absolute Gasteiger partial charge is 0.497 e. The van der Waals surface area contributed by atoms with Gasteiger partial charge in [-0.05, 0) is 42.3 Å². The smallest absolute Gasteiger partial charge is 0.243 e. The van der Waals surface area contributed by atoms with E-state index in [9.17, 15) is 8.42 Å². The topological polar surface area (TPSA) is 90.4 Å². The number of nitrogens with one attached hydrogen (secondary N) is 1. The van der Waals surface area contributed by atoms with Gasteiger partial charge in [0.05, 0.1) is 24.9 Å². The van der Waals surface area contributed by atoms with E-state index in [4.69, 9.17) is 9.47 Å². The lowest BCUT2D eigenvalue weighted by molar-refractivity contribution is 0.253. The van der Waals surface area contributed by atoms with Gasteiger partial charge < -0.3 is 9.47 Å². The second-order valence-corrected chi connectivity index (χ2v) is 7.91. The van der Waals surface area contributed by atoms with E-state index in [-0.39, 0.29) is 17.5 Å². The summed E-state index contributed by atoms with van der Waals surface area (Å²) < 4.78 is 47.4. The highest BCUT2D eigenvalue weighted by Gasteiger charge is 2.27. The fraction of sp³-hybridized carbons (Fsp3) is 0.250. The third-order valence-corrected chi connectivity index (χ3v) is 6.13. The molecule has 1 aliphatic heterocycles. The van der Waals surface area contributed by atoms with E-state index in [0.29, 0.717) is 23.2 Å². The maximum absolute atomic E-state index is 12.8. The van der Waals surface area contributed by atoms with Crippen LogP contribution < -0.4 is 14.2 Å². The van der Waals surface area contributed by atoms with Crippen molar-refractivity contribution in [2.24, 2.45) is 0 Å². The molecule has 0 bridgehead atoms. The zero-order valence-electron chi connectivity index (χ0n) is 13.3. The number of hydrogen-bond donors (Lipinski definition) is 1. The number of nitrogens with zero attached hydrogens (tertiary/aromatic N) is 2. The van der Waals surface area contributed by atoms with Crippen LogP contribution in [0.25, 0.3) is 11.0 Å². The van der Waals surface area contributed by atoms with Gasteiger partial charge in [0.1, 0.15) is 34.0 Å². The van der Waals surface area contributed by atoms with Crippen molar-refractivity contribution >= 4 is 32.8 Å². The summed E-state index contributed by atoms with van der Waals surface area (Å²) >= 11 is 0.993. The van der Waals surface area contributed by atoms with Gasteiger partial charge in [0.2, 0.25) is 10.0 Å². The summed E-state index contributed by atoms with van der Waals surface area (Å²) in [4.78, 5) is 0.134. The molecule has 1 aliphatic rings. The molecule has 9 heteroatoms. The zero-order valence-corrected chi connectivity index (χ0v) is 14.9. The minimum absolute atomic E-state index is 0.134. The summed E-state index contributed by atoms with van der Waals surface area (Å²) in [7, 11) is -2.14. The van der Waals surface area contributed by atoms with Gasteiger partial charge in [-0.25, -0.2) is 13.1 Å². The Morgan fingerprint density at radius 2 is 2.16 bits per heavy atom. The molecule has 1 atom stereocenters. The van der Waals surface area contributed by atoms with Crippen LogP contribution in [0.15, 0.2) is 41.3 Å². The molecule has 0 amide bonds. The van der Waals surface area contributed by atoms with Crippen LogP contribution in [-0.2, 0) is 16.4 Å². The third kappa shape index (κ3) is 3.06. The Morgan fingerprint density at radius 1 is 1.28 bits per heavy atom. The SMILES string of the molecule is COc1ccc2c(c1)CC(NS(=O)(=O)c1cccc3nsnc13)CO2. The molecule has 0 spiro atoms. The van der Waals surface area contributed by atoms with Crippen molar-refractivity contribution in [2.75, 3.05) is 13.7 Å². The van der Waals surface area contributed by atoms with Crippen molar-refractivity contribution in [1.82, 2.24) is 13.5 Å². The normalized spacial score (nSPS) is 17.1. The van der Waals surface area contributed by atoms with Crippen molar-refractivity contribution in [2.45, 2.75) is 17.4 Å². The first-order valence-corrected chi connectivity index (χ1v) is 9.81. The molecule has 2 aromatic carbocycles. The lowest BCUT2D eigenvalue weighted by Gasteiger charge is -2.26. The molecular weight excluding hydrogens is 362 g/mol. The van der Waals surface area contributed by atoms with Gasteiger partial charge in [-0.2, -0.15) is 8.75 Å². The van der Waals surface area contributed by atoms with E-state index in [1.807, 2.05) is 18.2 Å². The summed E-state index contributed by atoms with van der Waals surface area (Å²) in [5.74, 6) is 1.46. The number of aromatic nitrogens is 2. The summed E-state index contributed by atoms with van der Waals surface area (Å²) in [5.41, 5.74) is 1.87. The highest BCUT2D eigenvalue weighted by molar-refractivity contribution is 7.89. The second-order valence-electron chi connectivity index (χ2n) is 5.70. The van der Waals surface area contributed by atoms with Crippen molar-refractivity contribution in [3.05, 3.63) is 42.0 Å². The number of rotatable bonds is 4. The molecule has 0 saturated carbocycles. The van der Waals surface area contributed by atoms with Crippen molar-refractivity contribution in [3.8, 4) is 11.5 Å². The van der Waals surface area contributed by atoms with Crippen molar-refractivity contribution in [1.29, 1.82) is 0 Å². The Hall–Kier alpha value is -2.23. The monoisotopic (exact) mass is 377 g/mol. The van der Waals surface area contributed by atoms with Crippen LogP contribution in [0, 0.1) is 0 Å². The molecule has 0 fully saturated rings. The van der Waals surface area contributed by atoms with Crippen LogP contribution in [-0.4, -0.2) is 36.9 Å². The summed E-state index contributed by atoms with van der Waals surface area (Å²) in [5, 5.41) is 0. The Morgan fingerprint density at radius 3 is 3.00 bits per heavy atom. The molecule has 25 heavy (non-hydrogen) atoms. The molecule has 2 heterocycles. The lowest BCUT2D eigenvalue weighted by atomic mass is 10.0. The number of hydrogen-bond acceptors (Lipinski definition) is 7. The first kappa shape index (κ1) is 16.2. The van der Waals surface area contributed by atoms with Gasteiger partial charge in [-0.15, -0.1) is 0 Å². The van der Waals surface area contributed by atoms with Crippen LogP contribution in [0.4, 0.5) is 0 Å². The fourth-order valence-electron chi connectivity index (χ4n) is 2.85. The van der Waals surface area contributed by atoms with Crippen LogP contribution in [0.5, 0.6) is 11.5 Å². The van der Waals surface area contributed by atoms with Gasteiger partial charge >= 0.3 is 0 Å². The molecule has 1 unspecified atom stereocenters. The third-order valence-electron chi connectivity index (χ3n) is 4.03. The summed E-state index contributed by atoms with van der Waals surface area (Å²) in [6.45, 7) is 0.268. The van der Waals surface area contributed by atoms with E-state index in [1.54, 1.807) is 19.2 Å². The van der Waals surface area contributed by atoms with E-state index >= 15 is 0 Å². The molecular formula is C16H15N3O4S2. The predicted molar refractivity (Wildman–Crippen MR) is 93.7 cm³/mol. The van der Waals surface area contributed by atoms with Gasteiger partial charge in [0.15, 0.2) is 0 Å². The molecule has 0 saturated heterocycles. The van der Waals surface area contributed by atoms with E-state index in [1.165, 1.54) is 6.07 Å². The average Bonchev–Trinajstić information content (AvgIpc) is 3.09. The van der Waals surface area contributed by atoms with Gasteiger partial charge in [-0.3, -0.25) is 0 Å². The first-order valence-electron chi connectivity index (χ1n) is 7.60. The standard InChI is InChI=1S/C16H15N3O4S2/c1-22-12-5-6-14-10(8-12)7-11(9-23-14)19-25(20,21)15-4-2-3-13-16(15)18-24-17-13/h2-6,8,11,19H,7,9H2,1H3. The lowest BCUT2D eigenvalue weighted by Crippen LogP contribution is -2.42. The van der Waals surface area contributed by atoms with Crippen LogP contribution in [0.3, 0.4) is 0 Å². The quantitative estimate of drug-likeness (QED) is 0.748. The molecule has 0 aliphatic carbocycles. The maximum atomic E-state index is 12.8. The Balaban J connectivity index is 1.60. The van der Waals surface area contributed by atoms with Crippen LogP contribution in [0.2, 0.25) is 0 Å². The minimum Gasteiger partial charge on any atom is -0.497 e. The number of methoxy groups -OCH3 is 1. The number of fused-ring (bicyclic) bond motifs is 2. The number of benzene rings is 2.